The first-order valence-electron chi connectivity index (χ1n) is 11.3. The predicted molar refractivity (Wildman–Crippen MR) is 133 cm³/mol. The molecule has 0 aliphatic carbocycles. The summed E-state index contributed by atoms with van der Waals surface area (Å²) >= 11 is 1.58. The lowest BCUT2D eigenvalue weighted by Gasteiger charge is -2.18. The van der Waals surface area contributed by atoms with Crippen LogP contribution in [-0.4, -0.2) is 30.9 Å². The average molecular weight is 464 g/mol. The summed E-state index contributed by atoms with van der Waals surface area (Å²) in [6, 6.07) is 6.29. The average Bonchev–Trinajstić information content (AvgIpc) is 3.37. The number of nitrogens with zero attached hydrogens (tertiary/aromatic N) is 5. The van der Waals surface area contributed by atoms with Gasteiger partial charge in [0.1, 0.15) is 5.39 Å². The van der Waals surface area contributed by atoms with Crippen molar-refractivity contribution in [1.29, 1.82) is 0 Å². The van der Waals surface area contributed by atoms with E-state index in [9.17, 15) is 4.79 Å². The second-order valence-corrected chi connectivity index (χ2v) is 10.8. The lowest BCUT2D eigenvalue weighted by Crippen LogP contribution is -2.24. The molecule has 5 rings (SSSR count). The van der Waals surface area contributed by atoms with Gasteiger partial charge in [0.15, 0.2) is 5.65 Å². The third-order valence-corrected chi connectivity index (χ3v) is 7.27. The van der Waals surface area contributed by atoms with E-state index >= 15 is 0 Å². The Morgan fingerprint density at radius 1 is 1.15 bits per heavy atom. The van der Waals surface area contributed by atoms with E-state index in [1.807, 2.05) is 24.7 Å². The minimum absolute atomic E-state index is 0.0230. The summed E-state index contributed by atoms with van der Waals surface area (Å²) in [6.45, 7) is 12.3. The SMILES string of the molecule is CC(C)n1c(=O)c2cnc(Nc3ccc4c(c3)CNCC4)nc2n1-c1ncc(C(C)(C)C)s1. The second-order valence-electron chi connectivity index (χ2n) is 9.78. The highest BCUT2D eigenvalue weighted by molar-refractivity contribution is 7.14. The Balaban J connectivity index is 1.61. The Hall–Kier alpha value is -3.04. The standard InChI is InChI=1S/C24H29N7OS/c1-14(2)30-21(32)18-12-26-22(28-17-7-6-15-8-9-25-11-16(15)10-17)29-20(18)31(30)23-27-13-19(33-23)24(3,4)5/h6-7,10,12-14,25H,8-9,11H2,1-5H3,(H,26,28,29). The first-order chi connectivity index (χ1) is 15.7. The Morgan fingerprint density at radius 3 is 2.70 bits per heavy atom. The van der Waals surface area contributed by atoms with Crippen LogP contribution in [0, 0.1) is 0 Å². The molecule has 1 aromatic carbocycles. The van der Waals surface area contributed by atoms with Crippen LogP contribution in [-0.2, 0) is 18.4 Å². The van der Waals surface area contributed by atoms with E-state index in [0.29, 0.717) is 17.0 Å². The Bertz CT molecular complexity index is 1390. The second kappa shape index (κ2) is 8.07. The van der Waals surface area contributed by atoms with Crippen LogP contribution in [0.25, 0.3) is 16.2 Å². The van der Waals surface area contributed by atoms with Gasteiger partial charge in [0.2, 0.25) is 11.1 Å². The first-order valence-corrected chi connectivity index (χ1v) is 12.1. The van der Waals surface area contributed by atoms with Gasteiger partial charge in [0, 0.05) is 35.5 Å². The van der Waals surface area contributed by atoms with Crippen LogP contribution in [0.4, 0.5) is 11.6 Å². The van der Waals surface area contributed by atoms with Crippen LogP contribution < -0.4 is 16.2 Å². The van der Waals surface area contributed by atoms with Gasteiger partial charge >= 0.3 is 0 Å². The molecule has 172 valence electrons. The van der Waals surface area contributed by atoms with Crippen molar-refractivity contribution < 1.29 is 0 Å². The molecule has 0 amide bonds. The van der Waals surface area contributed by atoms with Gasteiger partial charge < -0.3 is 10.6 Å². The smallest absolute Gasteiger partial charge is 0.278 e. The summed E-state index contributed by atoms with van der Waals surface area (Å²) in [7, 11) is 0. The van der Waals surface area contributed by atoms with E-state index in [1.165, 1.54) is 11.1 Å². The highest BCUT2D eigenvalue weighted by atomic mass is 32.1. The van der Waals surface area contributed by atoms with Crippen molar-refractivity contribution in [2.45, 2.75) is 59.0 Å². The molecule has 33 heavy (non-hydrogen) atoms. The number of hydrogen-bond acceptors (Lipinski definition) is 7. The van der Waals surface area contributed by atoms with Crippen LogP contribution in [0.1, 0.15) is 56.7 Å². The van der Waals surface area contributed by atoms with Gasteiger partial charge in [-0.1, -0.05) is 38.2 Å². The minimum Gasteiger partial charge on any atom is -0.324 e. The topological polar surface area (TPSA) is 89.7 Å². The number of aromatic nitrogens is 5. The van der Waals surface area contributed by atoms with E-state index < -0.39 is 0 Å². The van der Waals surface area contributed by atoms with Gasteiger partial charge in [-0.2, -0.15) is 4.98 Å². The van der Waals surface area contributed by atoms with Crippen molar-refractivity contribution in [3.63, 3.8) is 0 Å². The highest BCUT2D eigenvalue weighted by Crippen LogP contribution is 2.31. The molecule has 0 unspecified atom stereocenters. The van der Waals surface area contributed by atoms with Crippen molar-refractivity contribution in [2.75, 3.05) is 11.9 Å². The molecular formula is C24H29N7OS. The van der Waals surface area contributed by atoms with Gasteiger partial charge in [-0.25, -0.2) is 19.3 Å². The number of hydrogen-bond donors (Lipinski definition) is 2. The van der Waals surface area contributed by atoms with Crippen LogP contribution in [0.5, 0.6) is 0 Å². The third-order valence-electron chi connectivity index (χ3n) is 5.88. The molecule has 4 heterocycles. The molecule has 0 atom stereocenters. The number of benzene rings is 1. The third kappa shape index (κ3) is 3.95. The number of rotatable bonds is 4. The van der Waals surface area contributed by atoms with Gasteiger partial charge in [-0.15, -0.1) is 0 Å². The quantitative estimate of drug-likeness (QED) is 0.469. The summed E-state index contributed by atoms with van der Waals surface area (Å²) in [5, 5.41) is 7.94. The number of fused-ring (bicyclic) bond motifs is 2. The molecule has 1 aliphatic rings. The molecule has 2 N–H and O–H groups in total. The maximum Gasteiger partial charge on any atom is 0.278 e. The minimum atomic E-state index is -0.112. The van der Waals surface area contributed by atoms with Gasteiger partial charge in [0.25, 0.3) is 5.56 Å². The van der Waals surface area contributed by atoms with Crippen molar-refractivity contribution in [3.8, 4) is 5.13 Å². The van der Waals surface area contributed by atoms with Crippen molar-refractivity contribution in [2.24, 2.45) is 0 Å². The highest BCUT2D eigenvalue weighted by Gasteiger charge is 2.24. The summed E-state index contributed by atoms with van der Waals surface area (Å²) in [4.78, 5) is 28.2. The number of anilines is 2. The molecule has 9 heteroatoms. The molecule has 1 aliphatic heterocycles. The molecule has 0 radical (unpaired) electrons. The molecular weight excluding hydrogens is 434 g/mol. The maximum atomic E-state index is 13.2. The lowest BCUT2D eigenvalue weighted by molar-refractivity contribution is 0.475. The molecule has 4 aromatic rings. The molecule has 0 fully saturated rings. The molecule has 0 spiro atoms. The van der Waals surface area contributed by atoms with Crippen molar-refractivity contribution in [1.82, 2.24) is 29.6 Å². The van der Waals surface area contributed by atoms with E-state index in [-0.39, 0.29) is 17.0 Å². The van der Waals surface area contributed by atoms with Gasteiger partial charge in [-0.05, 0) is 55.5 Å². The van der Waals surface area contributed by atoms with Crippen LogP contribution in [0.3, 0.4) is 0 Å². The zero-order chi connectivity index (χ0) is 23.3. The molecule has 3 aromatic heterocycles. The van der Waals surface area contributed by atoms with Gasteiger partial charge in [0.05, 0.1) is 0 Å². The summed E-state index contributed by atoms with van der Waals surface area (Å²) < 4.78 is 3.55. The van der Waals surface area contributed by atoms with Crippen molar-refractivity contribution >= 4 is 34.0 Å². The van der Waals surface area contributed by atoms with Crippen molar-refractivity contribution in [3.05, 3.63) is 57.0 Å². The summed E-state index contributed by atoms with van der Waals surface area (Å²) in [5.74, 6) is 0.452. The zero-order valence-electron chi connectivity index (χ0n) is 19.6. The molecule has 8 nitrogen and oxygen atoms in total. The molecule has 0 saturated carbocycles. The van der Waals surface area contributed by atoms with E-state index in [4.69, 9.17) is 4.98 Å². The lowest BCUT2D eigenvalue weighted by atomic mass is 9.96. The van der Waals surface area contributed by atoms with E-state index in [1.54, 1.807) is 22.2 Å². The van der Waals surface area contributed by atoms with Gasteiger partial charge in [-0.3, -0.25) is 4.79 Å². The predicted octanol–water partition coefficient (Wildman–Crippen LogP) is 4.31. The van der Waals surface area contributed by atoms with Crippen LogP contribution in [0.2, 0.25) is 0 Å². The fraction of sp³-hybridized carbons (Fsp3) is 0.417. The Morgan fingerprint density at radius 2 is 1.97 bits per heavy atom. The van der Waals surface area contributed by atoms with E-state index in [2.05, 4.69) is 59.6 Å². The fourth-order valence-electron chi connectivity index (χ4n) is 4.11. The maximum absolute atomic E-state index is 13.2. The first kappa shape index (κ1) is 21.8. The Labute approximate surface area is 196 Å². The van der Waals surface area contributed by atoms with Crippen LogP contribution >= 0.6 is 11.3 Å². The Kier molecular flexibility index (Phi) is 5.33. The van der Waals surface area contributed by atoms with Crippen LogP contribution in [0.15, 0.2) is 35.4 Å². The summed E-state index contributed by atoms with van der Waals surface area (Å²) in [6.07, 6.45) is 4.54. The number of nitrogens with one attached hydrogen (secondary N) is 2. The van der Waals surface area contributed by atoms with E-state index in [0.717, 1.165) is 35.2 Å². The normalized spacial score (nSPS) is 14.1. The summed E-state index contributed by atoms with van der Waals surface area (Å²) in [5.41, 5.74) is 4.01. The number of thiazole rings is 1. The molecule has 0 saturated heterocycles. The largest absolute Gasteiger partial charge is 0.324 e. The monoisotopic (exact) mass is 463 g/mol. The molecule has 0 bridgehead atoms. The fourth-order valence-corrected chi connectivity index (χ4v) is 5.08. The zero-order valence-corrected chi connectivity index (χ0v) is 20.5.